The third-order valence-electron chi connectivity index (χ3n) is 4.48. The van der Waals surface area contributed by atoms with Crippen LogP contribution in [0.2, 0.25) is 0 Å². The van der Waals surface area contributed by atoms with Crippen molar-refractivity contribution in [2.24, 2.45) is 0 Å². The molecule has 1 saturated heterocycles. The first-order valence-corrected chi connectivity index (χ1v) is 10.4. The second-order valence-electron chi connectivity index (χ2n) is 6.30. The fourth-order valence-corrected chi connectivity index (χ4v) is 4.19. The van der Waals surface area contributed by atoms with Crippen LogP contribution in [-0.4, -0.2) is 45.9 Å². The zero-order chi connectivity index (χ0) is 19.3. The third-order valence-corrected chi connectivity index (χ3v) is 5.87. The minimum absolute atomic E-state index is 0.00388. The molecule has 1 aromatic carbocycles. The summed E-state index contributed by atoms with van der Waals surface area (Å²) in [5.41, 5.74) is 0. The van der Waals surface area contributed by atoms with Gasteiger partial charge >= 0.3 is 0 Å². The summed E-state index contributed by atoms with van der Waals surface area (Å²) in [6.45, 7) is 1.89. The molecule has 1 fully saturated rings. The van der Waals surface area contributed by atoms with Crippen molar-refractivity contribution in [3.63, 3.8) is 0 Å². The van der Waals surface area contributed by atoms with Gasteiger partial charge in [-0.2, -0.15) is 0 Å². The molecule has 2 heterocycles. The zero-order valence-corrected chi connectivity index (χ0v) is 16.3. The molecule has 0 radical (unpaired) electrons. The molecule has 3 rings (SSSR count). The lowest BCUT2D eigenvalue weighted by Gasteiger charge is -2.20. The predicted molar refractivity (Wildman–Crippen MR) is 103 cm³/mol. The molecule has 1 N–H and O–H groups in total. The van der Waals surface area contributed by atoms with Crippen molar-refractivity contribution >= 4 is 21.7 Å². The molecule has 0 amide bonds. The van der Waals surface area contributed by atoms with Crippen LogP contribution in [0.25, 0.3) is 0 Å². The molecule has 27 heavy (non-hydrogen) atoms. The number of hydrogen-bond acceptors (Lipinski definition) is 7. The lowest BCUT2D eigenvalue weighted by Crippen LogP contribution is -2.25. The van der Waals surface area contributed by atoms with Gasteiger partial charge in [0.05, 0.1) is 14.2 Å². The largest absolute Gasteiger partial charge is 0.497 e. The van der Waals surface area contributed by atoms with E-state index in [0.717, 1.165) is 31.7 Å². The Kier molecular flexibility index (Phi) is 6.00. The first kappa shape index (κ1) is 19.2. The van der Waals surface area contributed by atoms with Crippen LogP contribution in [0.3, 0.4) is 0 Å². The Morgan fingerprint density at radius 1 is 0.963 bits per heavy atom. The average Bonchev–Trinajstić information content (AvgIpc) is 2.97. The van der Waals surface area contributed by atoms with E-state index < -0.39 is 10.0 Å². The summed E-state index contributed by atoms with van der Waals surface area (Å²) in [6, 6.07) is 7.93. The summed E-state index contributed by atoms with van der Waals surface area (Å²) in [4.78, 5) is 2.19. The van der Waals surface area contributed by atoms with Crippen molar-refractivity contribution in [1.82, 2.24) is 10.2 Å². The molecule has 1 aliphatic heterocycles. The van der Waals surface area contributed by atoms with Crippen LogP contribution in [0.4, 0.5) is 11.6 Å². The Morgan fingerprint density at radius 2 is 1.70 bits per heavy atom. The lowest BCUT2D eigenvalue weighted by atomic mass is 10.2. The Balaban J connectivity index is 1.78. The summed E-state index contributed by atoms with van der Waals surface area (Å²) < 4.78 is 38.1. The normalized spacial score (nSPS) is 15.1. The second kappa shape index (κ2) is 8.43. The van der Waals surface area contributed by atoms with Crippen molar-refractivity contribution < 1.29 is 17.9 Å². The van der Waals surface area contributed by atoms with Gasteiger partial charge in [-0.3, -0.25) is 4.72 Å². The molecule has 1 aromatic heterocycles. The fraction of sp³-hybridized carbons (Fsp3) is 0.444. The van der Waals surface area contributed by atoms with Crippen molar-refractivity contribution in [1.29, 1.82) is 0 Å². The molecule has 1 aliphatic rings. The monoisotopic (exact) mass is 392 g/mol. The van der Waals surface area contributed by atoms with Crippen LogP contribution in [0.15, 0.2) is 35.2 Å². The van der Waals surface area contributed by atoms with Crippen LogP contribution in [0, 0.1) is 0 Å². The van der Waals surface area contributed by atoms with E-state index in [2.05, 4.69) is 19.8 Å². The van der Waals surface area contributed by atoms with Gasteiger partial charge in [-0.1, -0.05) is 12.8 Å². The number of aromatic nitrogens is 2. The van der Waals surface area contributed by atoms with Crippen LogP contribution < -0.4 is 19.1 Å². The third kappa shape index (κ3) is 4.60. The Bertz CT molecular complexity index is 863. The van der Waals surface area contributed by atoms with E-state index in [0.29, 0.717) is 5.75 Å². The highest BCUT2D eigenvalue weighted by Crippen LogP contribution is 2.29. The van der Waals surface area contributed by atoms with E-state index in [9.17, 15) is 8.42 Å². The number of sulfonamides is 1. The van der Waals surface area contributed by atoms with Crippen LogP contribution in [-0.2, 0) is 10.0 Å². The molecule has 0 unspecified atom stereocenters. The first-order chi connectivity index (χ1) is 13.0. The molecule has 146 valence electrons. The lowest BCUT2D eigenvalue weighted by molar-refractivity contribution is 0.386. The van der Waals surface area contributed by atoms with E-state index in [1.165, 1.54) is 39.2 Å². The molecule has 0 bridgehead atoms. The summed E-state index contributed by atoms with van der Waals surface area (Å²) in [6.07, 6.45) is 4.72. The smallest absolute Gasteiger partial charge is 0.266 e. The van der Waals surface area contributed by atoms with Crippen molar-refractivity contribution in [3.05, 3.63) is 30.3 Å². The van der Waals surface area contributed by atoms with Crippen LogP contribution >= 0.6 is 0 Å². The van der Waals surface area contributed by atoms with E-state index in [1.807, 2.05) is 0 Å². The van der Waals surface area contributed by atoms with E-state index in [1.54, 1.807) is 18.2 Å². The van der Waals surface area contributed by atoms with E-state index >= 15 is 0 Å². The van der Waals surface area contributed by atoms with Gasteiger partial charge in [0.2, 0.25) is 0 Å². The molecule has 0 spiro atoms. The predicted octanol–water partition coefficient (Wildman–Crippen LogP) is 2.68. The van der Waals surface area contributed by atoms with Gasteiger partial charge in [-0.15, -0.1) is 10.2 Å². The summed E-state index contributed by atoms with van der Waals surface area (Å²) in [7, 11) is -0.962. The maximum Gasteiger partial charge on any atom is 0.266 e. The second-order valence-corrected chi connectivity index (χ2v) is 7.95. The summed E-state index contributed by atoms with van der Waals surface area (Å²) >= 11 is 0. The molecule has 0 aliphatic carbocycles. The Morgan fingerprint density at radius 3 is 2.30 bits per heavy atom. The van der Waals surface area contributed by atoms with Gasteiger partial charge in [0.15, 0.2) is 11.6 Å². The zero-order valence-electron chi connectivity index (χ0n) is 15.5. The number of rotatable bonds is 6. The summed E-state index contributed by atoms with van der Waals surface area (Å²) in [5, 5.41) is 8.23. The van der Waals surface area contributed by atoms with Crippen molar-refractivity contribution in [2.75, 3.05) is 36.9 Å². The van der Waals surface area contributed by atoms with Gasteiger partial charge in [0.25, 0.3) is 10.0 Å². The highest BCUT2D eigenvalue weighted by Gasteiger charge is 2.21. The number of hydrogen-bond donors (Lipinski definition) is 1. The number of benzene rings is 1. The highest BCUT2D eigenvalue weighted by molar-refractivity contribution is 7.92. The van der Waals surface area contributed by atoms with Gasteiger partial charge in [-0.05, 0) is 37.1 Å². The molecular formula is C18H24N4O4S. The minimum atomic E-state index is -3.87. The minimum Gasteiger partial charge on any atom is -0.497 e. The SMILES string of the molecule is COc1ccc(S(=O)(=O)Nc2ccc(N3CCCCCC3)nn2)c(OC)c1. The summed E-state index contributed by atoms with van der Waals surface area (Å²) in [5.74, 6) is 1.62. The molecule has 0 atom stereocenters. The van der Waals surface area contributed by atoms with Gasteiger partial charge in [-0.25, -0.2) is 8.42 Å². The Labute approximate surface area is 159 Å². The van der Waals surface area contributed by atoms with Gasteiger partial charge in [0, 0.05) is 19.2 Å². The van der Waals surface area contributed by atoms with Gasteiger partial charge < -0.3 is 14.4 Å². The molecule has 2 aromatic rings. The molecular weight excluding hydrogens is 368 g/mol. The van der Waals surface area contributed by atoms with Crippen LogP contribution in [0.1, 0.15) is 25.7 Å². The van der Waals surface area contributed by atoms with Crippen molar-refractivity contribution in [3.8, 4) is 11.5 Å². The molecule has 0 saturated carbocycles. The van der Waals surface area contributed by atoms with Gasteiger partial charge in [0.1, 0.15) is 16.4 Å². The fourth-order valence-electron chi connectivity index (χ4n) is 3.04. The number of nitrogens with zero attached hydrogens (tertiary/aromatic N) is 3. The first-order valence-electron chi connectivity index (χ1n) is 8.87. The topological polar surface area (TPSA) is 93.7 Å². The van der Waals surface area contributed by atoms with Crippen molar-refractivity contribution in [2.45, 2.75) is 30.6 Å². The quantitative estimate of drug-likeness (QED) is 0.808. The van der Waals surface area contributed by atoms with Crippen LogP contribution in [0.5, 0.6) is 11.5 Å². The molecule has 9 heteroatoms. The number of nitrogens with one attached hydrogen (secondary N) is 1. The standard InChI is InChI=1S/C18H24N4O4S/c1-25-14-7-8-16(15(13-14)26-2)27(23,24)21-17-9-10-18(20-19-17)22-11-5-3-4-6-12-22/h7-10,13H,3-6,11-12H2,1-2H3,(H,19,21). The number of anilines is 2. The maximum atomic E-state index is 12.7. The number of ether oxygens (including phenoxy) is 2. The average molecular weight is 392 g/mol. The Hall–Kier alpha value is -2.55. The maximum absolute atomic E-state index is 12.7. The molecule has 8 nitrogen and oxygen atoms in total. The van der Waals surface area contributed by atoms with E-state index in [-0.39, 0.29) is 16.5 Å². The van der Waals surface area contributed by atoms with E-state index in [4.69, 9.17) is 9.47 Å². The number of methoxy groups -OCH3 is 2. The highest BCUT2D eigenvalue weighted by atomic mass is 32.2.